The van der Waals surface area contributed by atoms with Gasteiger partial charge in [-0.05, 0) is 77.6 Å². The van der Waals surface area contributed by atoms with Gasteiger partial charge < -0.3 is 19.1 Å². The van der Waals surface area contributed by atoms with Crippen LogP contribution < -0.4 is 9.64 Å². The minimum atomic E-state index is -0.101. The van der Waals surface area contributed by atoms with Gasteiger partial charge in [-0.2, -0.15) is 0 Å². The molecule has 1 fully saturated rings. The van der Waals surface area contributed by atoms with Crippen LogP contribution in [0.4, 0.5) is 5.69 Å². The fourth-order valence-corrected chi connectivity index (χ4v) is 6.57. The lowest BCUT2D eigenvalue weighted by Crippen LogP contribution is -2.39. The zero-order valence-corrected chi connectivity index (χ0v) is 22.0. The number of anilines is 1. The first kappa shape index (κ1) is 24.9. The predicted octanol–water partition coefficient (Wildman–Crippen LogP) is 6.64. The first-order valence-corrected chi connectivity index (χ1v) is 13.2. The highest BCUT2D eigenvalue weighted by molar-refractivity contribution is 5.53. The van der Waals surface area contributed by atoms with E-state index in [-0.39, 0.29) is 6.29 Å². The zero-order chi connectivity index (χ0) is 25.1. The van der Waals surface area contributed by atoms with Gasteiger partial charge in [0.1, 0.15) is 5.75 Å². The second-order valence-corrected chi connectivity index (χ2v) is 10.4. The van der Waals surface area contributed by atoms with Gasteiger partial charge in [0, 0.05) is 44.8 Å². The summed E-state index contributed by atoms with van der Waals surface area (Å²) in [5.41, 5.74) is 6.96. The van der Waals surface area contributed by atoms with Crippen molar-refractivity contribution in [2.24, 2.45) is 11.8 Å². The van der Waals surface area contributed by atoms with Crippen molar-refractivity contribution in [3.05, 3.63) is 95.1 Å². The van der Waals surface area contributed by atoms with Crippen LogP contribution in [0.25, 0.3) is 0 Å². The largest absolute Gasteiger partial charge is 0.497 e. The number of nitrogens with zero attached hydrogens (tertiary/aromatic N) is 1. The number of benzene rings is 3. The molecule has 5 rings (SSSR count). The van der Waals surface area contributed by atoms with Crippen molar-refractivity contribution in [2.75, 3.05) is 39.3 Å². The Labute approximate surface area is 216 Å². The van der Waals surface area contributed by atoms with E-state index in [1.54, 1.807) is 21.3 Å². The first-order valence-electron chi connectivity index (χ1n) is 13.2. The van der Waals surface area contributed by atoms with Gasteiger partial charge >= 0.3 is 0 Å². The second-order valence-electron chi connectivity index (χ2n) is 10.4. The van der Waals surface area contributed by atoms with Crippen LogP contribution >= 0.6 is 0 Å². The molecular weight excluding hydrogens is 446 g/mol. The smallest absolute Gasteiger partial charge is 0.159 e. The van der Waals surface area contributed by atoms with E-state index in [1.807, 2.05) is 0 Å². The van der Waals surface area contributed by atoms with E-state index in [2.05, 4.69) is 84.6 Å². The third-order valence-corrected chi connectivity index (χ3v) is 8.39. The molecule has 4 heteroatoms. The number of hydrogen-bond acceptors (Lipinski definition) is 4. The van der Waals surface area contributed by atoms with Crippen LogP contribution in [-0.4, -0.2) is 40.7 Å². The molecule has 4 nitrogen and oxygen atoms in total. The summed E-state index contributed by atoms with van der Waals surface area (Å²) in [7, 11) is 5.23. The molecule has 0 amide bonds. The van der Waals surface area contributed by atoms with Crippen molar-refractivity contribution < 1.29 is 14.2 Å². The van der Waals surface area contributed by atoms with Gasteiger partial charge in [0.05, 0.1) is 7.11 Å². The van der Waals surface area contributed by atoms with Crippen LogP contribution in [0.2, 0.25) is 0 Å². The van der Waals surface area contributed by atoms with Crippen LogP contribution in [0.15, 0.2) is 72.8 Å². The summed E-state index contributed by atoms with van der Waals surface area (Å²) in [6.45, 7) is 4.46. The molecule has 0 spiro atoms. The van der Waals surface area contributed by atoms with Gasteiger partial charge in [0.25, 0.3) is 0 Å². The number of fused-ring (bicyclic) bond motifs is 1. The molecule has 0 radical (unpaired) electrons. The van der Waals surface area contributed by atoms with Crippen LogP contribution in [-0.2, 0) is 15.9 Å². The summed E-state index contributed by atoms with van der Waals surface area (Å²) in [6.07, 6.45) is 3.13. The predicted molar refractivity (Wildman–Crippen MR) is 146 cm³/mol. The van der Waals surface area contributed by atoms with Crippen LogP contribution in [0.3, 0.4) is 0 Å². The fourth-order valence-electron chi connectivity index (χ4n) is 6.57. The van der Waals surface area contributed by atoms with Crippen molar-refractivity contribution in [1.82, 2.24) is 0 Å². The monoisotopic (exact) mass is 485 g/mol. The Morgan fingerprint density at radius 1 is 0.806 bits per heavy atom. The lowest BCUT2D eigenvalue weighted by molar-refractivity contribution is -0.141. The maximum Gasteiger partial charge on any atom is 0.159 e. The number of rotatable bonds is 7. The summed E-state index contributed by atoms with van der Waals surface area (Å²) in [6, 6.07) is 27.1. The first-order chi connectivity index (χ1) is 17.6. The summed E-state index contributed by atoms with van der Waals surface area (Å²) in [5, 5.41) is 0. The summed E-state index contributed by atoms with van der Waals surface area (Å²) < 4.78 is 16.6. The SMILES string of the molecule is COc1ccc2c(c1)C[C@@H](C)[C@H](c1ccccc1)[C@@H]2c1ccc(N2CCC(C(OC)OC)CC2)cc1. The summed E-state index contributed by atoms with van der Waals surface area (Å²) in [5.74, 6) is 2.69. The highest BCUT2D eigenvalue weighted by Crippen LogP contribution is 2.49. The second kappa shape index (κ2) is 11.1. The van der Waals surface area contributed by atoms with Crippen LogP contribution in [0.5, 0.6) is 5.75 Å². The van der Waals surface area contributed by atoms with E-state index in [1.165, 1.54) is 27.9 Å². The molecule has 1 saturated heterocycles. The van der Waals surface area contributed by atoms with Crippen molar-refractivity contribution in [2.45, 2.75) is 44.3 Å². The summed E-state index contributed by atoms with van der Waals surface area (Å²) >= 11 is 0. The van der Waals surface area contributed by atoms with E-state index in [9.17, 15) is 0 Å². The molecule has 0 N–H and O–H groups in total. The topological polar surface area (TPSA) is 30.9 Å². The van der Waals surface area contributed by atoms with Gasteiger partial charge in [-0.15, -0.1) is 0 Å². The van der Waals surface area contributed by atoms with Gasteiger partial charge in [-0.3, -0.25) is 0 Å². The number of hydrogen-bond donors (Lipinski definition) is 0. The molecule has 2 aliphatic rings. The third-order valence-electron chi connectivity index (χ3n) is 8.39. The third kappa shape index (κ3) is 4.89. The Morgan fingerprint density at radius 3 is 2.14 bits per heavy atom. The van der Waals surface area contributed by atoms with Crippen molar-refractivity contribution in [1.29, 1.82) is 0 Å². The van der Waals surface area contributed by atoms with Crippen molar-refractivity contribution >= 4 is 5.69 Å². The average Bonchev–Trinajstić information content (AvgIpc) is 2.93. The number of piperidine rings is 1. The highest BCUT2D eigenvalue weighted by Gasteiger charge is 2.37. The molecule has 3 atom stereocenters. The lowest BCUT2D eigenvalue weighted by atomic mass is 9.64. The minimum absolute atomic E-state index is 0.101. The standard InChI is InChI=1S/C32H39NO3/c1-22-20-26-21-28(34-2)14-15-29(26)31(30(22)23-8-6-5-7-9-23)24-10-12-27(13-11-24)33-18-16-25(17-19-33)32(35-3)36-4/h5-15,21-22,25,30-32H,16-20H2,1-4H3/t22-,30-,31-/m1/s1. The van der Waals surface area contributed by atoms with Crippen molar-refractivity contribution in [3.8, 4) is 5.75 Å². The zero-order valence-electron chi connectivity index (χ0n) is 22.0. The quantitative estimate of drug-likeness (QED) is 0.351. The number of methoxy groups -OCH3 is 3. The van der Waals surface area contributed by atoms with E-state index >= 15 is 0 Å². The van der Waals surface area contributed by atoms with E-state index in [4.69, 9.17) is 14.2 Å². The molecule has 1 aliphatic carbocycles. The van der Waals surface area contributed by atoms with Crippen molar-refractivity contribution in [3.63, 3.8) is 0 Å². The molecule has 3 aromatic carbocycles. The molecular formula is C32H39NO3. The Morgan fingerprint density at radius 2 is 1.50 bits per heavy atom. The van der Waals surface area contributed by atoms with Gasteiger partial charge in [0.2, 0.25) is 0 Å². The molecule has 0 saturated carbocycles. The molecule has 190 valence electrons. The maximum absolute atomic E-state index is 5.57. The van der Waals surface area contributed by atoms with E-state index < -0.39 is 0 Å². The number of ether oxygens (including phenoxy) is 3. The van der Waals surface area contributed by atoms with E-state index in [0.29, 0.717) is 23.7 Å². The van der Waals surface area contributed by atoms with E-state index in [0.717, 1.165) is 38.1 Å². The highest BCUT2D eigenvalue weighted by atomic mass is 16.7. The van der Waals surface area contributed by atoms with Gasteiger partial charge in [0.15, 0.2) is 6.29 Å². The Hall–Kier alpha value is -2.82. The fraction of sp³-hybridized carbons (Fsp3) is 0.438. The summed E-state index contributed by atoms with van der Waals surface area (Å²) in [4.78, 5) is 2.50. The molecule has 0 bridgehead atoms. The Kier molecular flexibility index (Phi) is 7.64. The molecule has 1 heterocycles. The minimum Gasteiger partial charge on any atom is -0.497 e. The van der Waals surface area contributed by atoms with Gasteiger partial charge in [-0.1, -0.05) is 55.5 Å². The molecule has 1 aliphatic heterocycles. The normalized spacial score (nSPS) is 22.5. The average molecular weight is 486 g/mol. The van der Waals surface area contributed by atoms with Gasteiger partial charge in [-0.25, -0.2) is 0 Å². The van der Waals surface area contributed by atoms with Crippen LogP contribution in [0.1, 0.15) is 53.9 Å². The molecule has 0 unspecified atom stereocenters. The lowest BCUT2D eigenvalue weighted by Gasteiger charge is -2.40. The maximum atomic E-state index is 5.57. The molecule has 3 aromatic rings. The molecule has 0 aromatic heterocycles. The Balaban J connectivity index is 1.43. The Bertz CT molecular complexity index is 1120. The molecule has 36 heavy (non-hydrogen) atoms. The van der Waals surface area contributed by atoms with Crippen LogP contribution in [0, 0.1) is 11.8 Å².